The van der Waals surface area contributed by atoms with Crippen LogP contribution in [0.15, 0.2) is 210 Å². The molecule has 0 atom stereocenters. The molecule has 3 fully saturated rings. The molecule has 27 nitrogen and oxygen atoms in total. The highest BCUT2D eigenvalue weighted by Gasteiger charge is 2.27. The fourth-order valence-corrected chi connectivity index (χ4v) is 17.2. The van der Waals surface area contributed by atoms with Crippen LogP contribution in [-0.4, -0.2) is 146 Å². The first-order valence-electron chi connectivity index (χ1n) is 45.0. The summed E-state index contributed by atoms with van der Waals surface area (Å²) in [5.41, 5.74) is 37.0. The van der Waals surface area contributed by atoms with Gasteiger partial charge in [-0.15, -0.1) is 0 Å². The van der Waals surface area contributed by atoms with Gasteiger partial charge in [-0.3, -0.25) is 0 Å². The Morgan fingerprint density at radius 2 is 0.677 bits per heavy atom. The summed E-state index contributed by atoms with van der Waals surface area (Å²) >= 11 is 14.5. The minimum atomic E-state index is -1.60. The number of aromatic nitrogens is 12. The summed E-state index contributed by atoms with van der Waals surface area (Å²) in [6.45, 7) is 18.7. The van der Waals surface area contributed by atoms with E-state index in [9.17, 15) is 8.78 Å². The molecule has 0 aliphatic heterocycles. The molecule has 36 heteroatoms. The summed E-state index contributed by atoms with van der Waals surface area (Å²) in [7, 11) is -4.25. The summed E-state index contributed by atoms with van der Waals surface area (Å²) in [6, 6.07) is 55.9. The average molecular weight is 1880 g/mol. The van der Waals surface area contributed by atoms with Crippen LogP contribution in [0.3, 0.4) is 0 Å². The van der Waals surface area contributed by atoms with Crippen molar-refractivity contribution in [1.82, 2.24) is 58.6 Å². The molecule has 0 amide bonds. The van der Waals surface area contributed by atoms with Gasteiger partial charge in [0.25, 0.3) is 0 Å². The van der Waals surface area contributed by atoms with E-state index < -0.39 is 33.0 Å². The number of nitrogens with two attached hydrogens (primary N) is 3. The Kier molecular flexibility index (Phi) is 35.4. The van der Waals surface area contributed by atoms with Gasteiger partial charge in [-0.1, -0.05) is 174 Å². The van der Waals surface area contributed by atoms with E-state index in [1.807, 2.05) is 62.3 Å². The molecule has 18 N–H and O–H groups in total. The molecule has 3 saturated carbocycles. The number of fused-ring (bicyclic) bond motifs is 3. The minimum absolute atomic E-state index is 0.115. The lowest BCUT2D eigenvalue weighted by Gasteiger charge is -2.27. The first-order chi connectivity index (χ1) is 64.0. The van der Waals surface area contributed by atoms with Crippen molar-refractivity contribution in [2.45, 2.75) is 206 Å². The van der Waals surface area contributed by atoms with Crippen LogP contribution in [0.4, 0.5) is 44.1 Å². The number of aryl methyl sites for hydroxylation is 2. The van der Waals surface area contributed by atoms with E-state index in [1.54, 1.807) is 52.4 Å². The quantitative estimate of drug-likeness (QED) is 0.0250. The van der Waals surface area contributed by atoms with E-state index in [1.165, 1.54) is 68.5 Å². The third-order valence-electron chi connectivity index (χ3n) is 23.4. The maximum Gasteiger partial charge on any atom is 0.489 e. The molecule has 133 heavy (non-hydrogen) atoms. The predicted molar refractivity (Wildman–Crippen MR) is 540 cm³/mol. The lowest BCUT2D eigenvalue weighted by molar-refractivity contribution is 0.410. The number of hydrogen-bond donors (Lipinski definition) is 15. The van der Waals surface area contributed by atoms with Gasteiger partial charge in [0, 0.05) is 74.0 Å². The molecule has 3 aliphatic rings. The molecule has 0 bridgehead atoms. The normalized spacial score (nSPS) is 16.4. The van der Waals surface area contributed by atoms with Gasteiger partial charge in [-0.25, -0.2) is 23.7 Å². The molecule has 0 unspecified atom stereocenters. The molecule has 8 heterocycles. The van der Waals surface area contributed by atoms with Crippen molar-refractivity contribution in [1.29, 1.82) is 0 Å². The zero-order chi connectivity index (χ0) is 94.4. The van der Waals surface area contributed by atoms with Crippen LogP contribution in [0.5, 0.6) is 0 Å². The number of nitrogens with one attached hydrogen (secondary N) is 6. The first-order valence-corrected chi connectivity index (χ1v) is 47.6. The third kappa shape index (κ3) is 27.9. The Labute approximate surface area is 793 Å². The number of anilines is 6. The highest BCUT2D eigenvalue weighted by atomic mass is 35.5. The van der Waals surface area contributed by atoms with Crippen molar-refractivity contribution in [2.75, 3.05) is 31.9 Å². The van der Waals surface area contributed by atoms with E-state index in [2.05, 4.69) is 199 Å². The standard InChI is InChI=1S/C28H35N7.C27H31ClFN7.C25H31N7S.C7H9BO2.C6H5BClFO2.C4H5BO2S/c1-18(2)35-17-31-25-26(33-28(34-27(25)35)32-24-14-12-23(29)13-15-24)30-16-20-6-10-22(11-7-20)21-8-4-19(3)5-9-21;1-16(2)36-15-32-24-25(34-27(35-26(24)36)33-21-10-8-20(30)9-11-21)31-14-17-3-5-18(6-4-17)19-7-12-23(29)22(28)13-19;1-16(2)32-15-28-22-23(27-13-17-3-5-18(6-4-17)19-11-12-33-14-19)30-25(31-24(22)32)29-21-9-7-20(26)8-10-21;1-6-2-4-7(5-3-6)8(9)10;8-5-3-4(7(10)11)1-2-6(5)9;6-5(7)4-1-2-8-3-4/h4-11,17-18,23-24H,12-16,29H2,1-3H3,(H2,30,32,33,34);3-7,12-13,15-16,20-21H,8-11,14,30H2,1-2H3,(H2,31,33,34,35);3-6,11-12,14-16,20-21H,7-10,13,26H2,1-2H3,(H2,27,29,30,31);2-5,9-10H,1H3;1-3,10-11H;1-3,6-7H. The van der Waals surface area contributed by atoms with Crippen LogP contribution >= 0.6 is 45.9 Å². The third-order valence-corrected chi connectivity index (χ3v) is 25.4. The van der Waals surface area contributed by atoms with Crippen molar-refractivity contribution in [3.05, 3.63) is 260 Å². The number of hydrogen-bond acceptors (Lipinski definition) is 26. The molecule has 0 spiro atoms. The summed E-state index contributed by atoms with van der Waals surface area (Å²) in [4.78, 5) is 42.8. The summed E-state index contributed by atoms with van der Waals surface area (Å²) in [5.74, 6) is 3.14. The molecule has 18 rings (SSSR count). The topological polar surface area (TPSA) is 402 Å². The van der Waals surface area contributed by atoms with Crippen molar-refractivity contribution in [3.8, 4) is 33.4 Å². The first kappa shape index (κ1) is 99.1. The minimum Gasteiger partial charge on any atom is -0.423 e. The summed E-state index contributed by atoms with van der Waals surface area (Å²) < 4.78 is 32.2. The lowest BCUT2D eigenvalue weighted by Crippen LogP contribution is -2.33. The van der Waals surface area contributed by atoms with E-state index in [-0.39, 0.29) is 39.7 Å². The summed E-state index contributed by atoms with van der Waals surface area (Å²) in [5, 5.41) is 80.4. The van der Waals surface area contributed by atoms with E-state index >= 15 is 0 Å². The van der Waals surface area contributed by atoms with Gasteiger partial charge in [0.1, 0.15) is 11.6 Å². The number of rotatable bonds is 24. The van der Waals surface area contributed by atoms with Crippen molar-refractivity contribution < 1.29 is 38.9 Å². The van der Waals surface area contributed by atoms with Gasteiger partial charge in [0.05, 0.1) is 29.0 Å². The number of thiophene rings is 2. The van der Waals surface area contributed by atoms with Crippen molar-refractivity contribution in [3.63, 3.8) is 0 Å². The van der Waals surface area contributed by atoms with Crippen LogP contribution in [0, 0.1) is 25.5 Å². The number of halogens is 4. The lowest BCUT2D eigenvalue weighted by atomic mass is 9.80. The molecule has 7 aromatic carbocycles. The molecule has 694 valence electrons. The zero-order valence-electron chi connectivity index (χ0n) is 75.9. The molecule has 8 aromatic heterocycles. The Balaban J connectivity index is 0.000000147. The highest BCUT2D eigenvalue weighted by Crippen LogP contribution is 2.34. The monoisotopic (exact) mass is 1880 g/mol. The smallest absolute Gasteiger partial charge is 0.423 e. The Bertz CT molecular complexity index is 6170. The summed E-state index contributed by atoms with van der Waals surface area (Å²) in [6.07, 6.45) is 17.9. The van der Waals surface area contributed by atoms with Crippen LogP contribution in [0.25, 0.3) is 66.9 Å². The average Bonchev–Trinajstić information content (AvgIpc) is 1.69. The maximum absolute atomic E-state index is 13.5. The van der Waals surface area contributed by atoms with Crippen LogP contribution in [0.2, 0.25) is 10.0 Å². The van der Waals surface area contributed by atoms with E-state index in [0.717, 1.165) is 150 Å². The Hall–Kier alpha value is -11.3. The van der Waals surface area contributed by atoms with Gasteiger partial charge in [0.2, 0.25) is 17.8 Å². The second-order valence-electron chi connectivity index (χ2n) is 34.6. The number of nitrogens with zero attached hydrogens (tertiary/aromatic N) is 12. The second-order valence-corrected chi connectivity index (χ2v) is 37.0. The predicted octanol–water partition coefficient (Wildman–Crippen LogP) is 16.5. The number of imidazole rings is 3. The fraction of sp³-hybridized carbons (Fsp3) is 0.330. The highest BCUT2D eigenvalue weighted by molar-refractivity contribution is 7.09. The number of benzene rings is 7. The largest absolute Gasteiger partial charge is 0.489 e. The maximum atomic E-state index is 13.5. The fourth-order valence-electron chi connectivity index (χ4n) is 15.5. The van der Waals surface area contributed by atoms with Crippen LogP contribution < -0.4 is 65.5 Å². The molecule has 3 aliphatic carbocycles. The van der Waals surface area contributed by atoms with Gasteiger partial charge in [-0.2, -0.15) is 52.6 Å². The Morgan fingerprint density at radius 3 is 0.992 bits per heavy atom. The van der Waals surface area contributed by atoms with Crippen LogP contribution in [0.1, 0.15) is 165 Å². The Morgan fingerprint density at radius 1 is 0.368 bits per heavy atom. The molecule has 15 aromatic rings. The van der Waals surface area contributed by atoms with Gasteiger partial charge in [0.15, 0.2) is 50.9 Å². The molecular weight excluding hydrogens is 1760 g/mol. The van der Waals surface area contributed by atoms with Gasteiger partial charge < -0.3 is 92.9 Å². The van der Waals surface area contributed by atoms with Crippen LogP contribution in [-0.2, 0) is 19.6 Å². The van der Waals surface area contributed by atoms with E-state index in [4.69, 9.17) is 100 Å². The molecular formula is C97H116B3Cl2F2N21O6S2. The van der Waals surface area contributed by atoms with Gasteiger partial charge in [-0.05, 0) is 251 Å². The van der Waals surface area contributed by atoms with Crippen molar-refractivity contribution >= 4 is 152 Å². The van der Waals surface area contributed by atoms with Gasteiger partial charge >= 0.3 is 21.4 Å². The molecule has 0 saturated heterocycles. The van der Waals surface area contributed by atoms with Crippen molar-refractivity contribution in [2.24, 2.45) is 17.2 Å². The zero-order valence-corrected chi connectivity index (χ0v) is 79.0. The molecule has 0 radical (unpaired) electrons. The second kappa shape index (κ2) is 47.5. The van der Waals surface area contributed by atoms with E-state index in [0.29, 0.717) is 84.4 Å². The SMILES string of the molecule is CC(C)n1cnc2c(NCc3ccc(-c4ccc(F)c(Cl)c4)cc3)nc(NC3CCC(N)CC3)nc21.CC(C)n1cnc2c(NCc3ccc(-c4ccsc4)cc3)nc(NC3CCC(N)CC3)nc21.Cc1ccc(-c2ccc(CNc3nc(NC4CCC(N)CC4)nc4c3ncn4C(C)C)cc2)cc1.Cc1ccc(B(O)O)cc1.OB(O)c1ccc(F)c(Cl)c1.OB(O)c1ccsc1.